The SMILES string of the molecule is CC(C)[C@H](NS(=O)(=O)c1ccc(F)cc1)C(=O)N[C@H](C=O)Cc1c[nH]c2ccccc12. The zero-order valence-corrected chi connectivity index (χ0v) is 17.9. The quantitative estimate of drug-likeness (QED) is 0.440. The van der Waals surface area contributed by atoms with Gasteiger partial charge in [-0.2, -0.15) is 4.72 Å². The van der Waals surface area contributed by atoms with E-state index in [1.165, 1.54) is 0 Å². The molecule has 3 rings (SSSR count). The van der Waals surface area contributed by atoms with Gasteiger partial charge in [-0.1, -0.05) is 32.0 Å². The molecule has 9 heteroatoms. The Bertz CT molecular complexity index is 1170. The lowest BCUT2D eigenvalue weighted by atomic mass is 10.0. The Morgan fingerprint density at radius 3 is 2.45 bits per heavy atom. The smallest absolute Gasteiger partial charge is 0.241 e. The Morgan fingerprint density at radius 2 is 1.81 bits per heavy atom. The summed E-state index contributed by atoms with van der Waals surface area (Å²) >= 11 is 0. The molecule has 2 atom stereocenters. The van der Waals surface area contributed by atoms with Crippen molar-refractivity contribution in [2.24, 2.45) is 5.92 Å². The number of aromatic amines is 1. The Balaban J connectivity index is 1.74. The number of para-hydroxylation sites is 1. The minimum atomic E-state index is -4.06. The van der Waals surface area contributed by atoms with E-state index in [2.05, 4.69) is 15.0 Å². The summed E-state index contributed by atoms with van der Waals surface area (Å²) in [5.74, 6) is -1.57. The third kappa shape index (κ3) is 5.36. The normalized spacial score (nSPS) is 13.8. The summed E-state index contributed by atoms with van der Waals surface area (Å²) < 4.78 is 40.7. The first-order valence-corrected chi connectivity index (χ1v) is 11.3. The molecule has 1 heterocycles. The van der Waals surface area contributed by atoms with E-state index >= 15 is 0 Å². The van der Waals surface area contributed by atoms with Crippen LogP contribution in [0, 0.1) is 11.7 Å². The molecule has 1 amide bonds. The fraction of sp³-hybridized carbons (Fsp3) is 0.273. The second-order valence-electron chi connectivity index (χ2n) is 7.61. The summed E-state index contributed by atoms with van der Waals surface area (Å²) in [6.07, 6.45) is 2.67. The number of fused-ring (bicyclic) bond motifs is 1. The van der Waals surface area contributed by atoms with Crippen molar-refractivity contribution in [3.63, 3.8) is 0 Å². The Hall–Kier alpha value is -3.04. The molecule has 0 unspecified atom stereocenters. The predicted molar refractivity (Wildman–Crippen MR) is 115 cm³/mol. The average Bonchev–Trinajstić information content (AvgIpc) is 3.14. The highest BCUT2D eigenvalue weighted by Crippen LogP contribution is 2.19. The maximum atomic E-state index is 13.1. The van der Waals surface area contributed by atoms with E-state index in [1.807, 2.05) is 24.3 Å². The van der Waals surface area contributed by atoms with Gasteiger partial charge in [0.05, 0.1) is 10.9 Å². The van der Waals surface area contributed by atoms with Gasteiger partial charge in [-0.25, -0.2) is 12.8 Å². The van der Waals surface area contributed by atoms with Crippen LogP contribution in [0.4, 0.5) is 4.39 Å². The third-order valence-corrected chi connectivity index (χ3v) is 6.42. The van der Waals surface area contributed by atoms with Crippen LogP contribution in [-0.4, -0.2) is 37.7 Å². The van der Waals surface area contributed by atoms with Crippen LogP contribution in [0.25, 0.3) is 10.9 Å². The number of hydrogen-bond donors (Lipinski definition) is 3. The fourth-order valence-electron chi connectivity index (χ4n) is 3.28. The van der Waals surface area contributed by atoms with Crippen LogP contribution >= 0.6 is 0 Å². The zero-order chi connectivity index (χ0) is 22.6. The van der Waals surface area contributed by atoms with Crippen LogP contribution in [-0.2, 0) is 26.0 Å². The lowest BCUT2D eigenvalue weighted by Gasteiger charge is -2.23. The van der Waals surface area contributed by atoms with E-state index in [0.29, 0.717) is 6.29 Å². The molecule has 164 valence electrons. The van der Waals surface area contributed by atoms with E-state index < -0.39 is 39.7 Å². The van der Waals surface area contributed by atoms with Crippen molar-refractivity contribution >= 4 is 33.1 Å². The number of amides is 1. The maximum absolute atomic E-state index is 13.1. The van der Waals surface area contributed by atoms with Gasteiger partial charge in [-0.05, 0) is 41.8 Å². The molecule has 0 aliphatic rings. The number of benzene rings is 2. The number of sulfonamides is 1. The number of carbonyl (C=O) groups is 2. The molecule has 3 N–H and O–H groups in total. The minimum absolute atomic E-state index is 0.155. The summed E-state index contributed by atoms with van der Waals surface area (Å²) in [5, 5.41) is 3.57. The maximum Gasteiger partial charge on any atom is 0.241 e. The van der Waals surface area contributed by atoms with Crippen molar-refractivity contribution in [1.82, 2.24) is 15.0 Å². The number of aromatic nitrogens is 1. The first-order chi connectivity index (χ1) is 14.7. The first-order valence-electron chi connectivity index (χ1n) is 9.80. The molecule has 0 bridgehead atoms. The van der Waals surface area contributed by atoms with Crippen LogP contribution in [0.5, 0.6) is 0 Å². The molecule has 0 saturated carbocycles. The van der Waals surface area contributed by atoms with Crippen molar-refractivity contribution in [3.8, 4) is 0 Å². The van der Waals surface area contributed by atoms with E-state index in [0.717, 1.165) is 40.7 Å². The van der Waals surface area contributed by atoms with E-state index in [9.17, 15) is 22.4 Å². The second-order valence-corrected chi connectivity index (χ2v) is 9.33. The molecule has 0 fully saturated rings. The lowest BCUT2D eigenvalue weighted by molar-refractivity contribution is -0.126. The van der Waals surface area contributed by atoms with Gasteiger partial charge in [0.1, 0.15) is 18.1 Å². The van der Waals surface area contributed by atoms with Gasteiger partial charge in [0, 0.05) is 23.5 Å². The largest absolute Gasteiger partial charge is 0.361 e. The minimum Gasteiger partial charge on any atom is -0.361 e. The van der Waals surface area contributed by atoms with Crippen molar-refractivity contribution in [1.29, 1.82) is 0 Å². The van der Waals surface area contributed by atoms with Crippen LogP contribution in [0.2, 0.25) is 0 Å². The van der Waals surface area contributed by atoms with Crippen LogP contribution < -0.4 is 10.0 Å². The monoisotopic (exact) mass is 445 g/mol. The lowest BCUT2D eigenvalue weighted by Crippen LogP contribution is -2.52. The van der Waals surface area contributed by atoms with Gasteiger partial charge < -0.3 is 15.1 Å². The van der Waals surface area contributed by atoms with Crippen LogP contribution in [0.1, 0.15) is 19.4 Å². The molecule has 0 saturated heterocycles. The number of nitrogens with one attached hydrogen (secondary N) is 3. The third-order valence-electron chi connectivity index (χ3n) is 4.96. The van der Waals surface area contributed by atoms with Gasteiger partial charge in [0.15, 0.2) is 0 Å². The Kier molecular flexibility index (Phi) is 6.87. The predicted octanol–water partition coefficient (Wildman–Crippen LogP) is 2.54. The highest BCUT2D eigenvalue weighted by atomic mass is 32.2. The van der Waals surface area contributed by atoms with Crippen molar-refractivity contribution in [2.45, 2.75) is 37.2 Å². The summed E-state index contributed by atoms with van der Waals surface area (Å²) in [6.45, 7) is 3.38. The molecule has 0 aliphatic heterocycles. The number of hydrogen-bond acceptors (Lipinski definition) is 4. The molecule has 0 aliphatic carbocycles. The molecule has 0 spiro atoms. The summed E-state index contributed by atoms with van der Waals surface area (Å²) in [5.41, 5.74) is 1.78. The zero-order valence-electron chi connectivity index (χ0n) is 17.1. The first kappa shape index (κ1) is 22.6. The van der Waals surface area contributed by atoms with Gasteiger partial charge in [-0.15, -0.1) is 0 Å². The number of aldehydes is 1. The number of H-pyrrole nitrogens is 1. The molecule has 0 radical (unpaired) electrons. The van der Waals surface area contributed by atoms with Gasteiger partial charge in [0.25, 0.3) is 0 Å². The molecule has 3 aromatic rings. The number of carbonyl (C=O) groups excluding carboxylic acids is 2. The molecular weight excluding hydrogens is 421 g/mol. The molecule has 7 nitrogen and oxygen atoms in total. The van der Waals surface area contributed by atoms with E-state index in [-0.39, 0.29) is 11.3 Å². The van der Waals surface area contributed by atoms with Crippen molar-refractivity contribution in [2.75, 3.05) is 0 Å². The fourth-order valence-corrected chi connectivity index (χ4v) is 4.63. The van der Waals surface area contributed by atoms with Gasteiger partial charge >= 0.3 is 0 Å². The van der Waals surface area contributed by atoms with Gasteiger partial charge in [-0.3, -0.25) is 4.79 Å². The molecule has 2 aromatic carbocycles. The Labute approximate surface area is 180 Å². The van der Waals surface area contributed by atoms with Crippen LogP contribution in [0.15, 0.2) is 59.6 Å². The standard InChI is InChI=1S/C22H24FN3O4S/c1-14(2)21(26-31(29,30)18-9-7-16(23)8-10-18)22(28)25-17(13-27)11-15-12-24-20-6-4-3-5-19(15)20/h3-10,12-14,17,21,24,26H,11H2,1-2H3,(H,25,28)/t17-,21-/m0/s1. The van der Waals surface area contributed by atoms with Crippen LogP contribution in [0.3, 0.4) is 0 Å². The molecule has 1 aromatic heterocycles. The average molecular weight is 446 g/mol. The second kappa shape index (κ2) is 9.40. The summed E-state index contributed by atoms with van der Waals surface area (Å²) in [4.78, 5) is 27.4. The highest BCUT2D eigenvalue weighted by molar-refractivity contribution is 7.89. The Morgan fingerprint density at radius 1 is 1.13 bits per heavy atom. The molecular formula is C22H24FN3O4S. The number of halogens is 1. The van der Waals surface area contributed by atoms with Crippen molar-refractivity contribution < 1.29 is 22.4 Å². The van der Waals surface area contributed by atoms with E-state index in [4.69, 9.17) is 0 Å². The van der Waals surface area contributed by atoms with Gasteiger partial charge in [0.2, 0.25) is 15.9 Å². The summed E-state index contributed by atoms with van der Waals surface area (Å²) in [6, 6.07) is 9.96. The van der Waals surface area contributed by atoms with E-state index in [1.54, 1.807) is 20.0 Å². The summed E-state index contributed by atoms with van der Waals surface area (Å²) in [7, 11) is -4.06. The van der Waals surface area contributed by atoms with Crippen molar-refractivity contribution in [3.05, 3.63) is 66.1 Å². The number of rotatable bonds is 9. The molecule has 31 heavy (non-hydrogen) atoms. The highest BCUT2D eigenvalue weighted by Gasteiger charge is 2.30. The topological polar surface area (TPSA) is 108 Å².